The maximum absolute atomic E-state index is 11.6. The molecule has 0 saturated carbocycles. The van der Waals surface area contributed by atoms with Gasteiger partial charge in [0.1, 0.15) is 0 Å². The molecule has 0 radical (unpaired) electrons. The van der Waals surface area contributed by atoms with E-state index in [0.717, 1.165) is 5.56 Å². The van der Waals surface area contributed by atoms with Gasteiger partial charge in [-0.1, -0.05) is 86.1 Å². The van der Waals surface area contributed by atoms with E-state index in [2.05, 4.69) is 43.1 Å². The monoisotopic (exact) mass is 449 g/mol. The second kappa shape index (κ2) is 8.78. The number of nitrogens with zero attached hydrogens (tertiary/aromatic N) is 3. The van der Waals surface area contributed by atoms with Crippen LogP contribution in [-0.4, -0.2) is 33.6 Å². The van der Waals surface area contributed by atoms with Gasteiger partial charge in [0, 0.05) is 5.56 Å². The number of hydrogen-bond acceptors (Lipinski definition) is 5. The van der Waals surface area contributed by atoms with Crippen molar-refractivity contribution in [1.82, 2.24) is 14.8 Å². The van der Waals surface area contributed by atoms with Crippen molar-refractivity contribution in [2.45, 2.75) is 31.3 Å². The lowest BCUT2D eigenvalue weighted by Gasteiger charge is -2.19. The highest BCUT2D eigenvalue weighted by molar-refractivity contribution is 7.99. The molecule has 0 atom stereocenters. The molecule has 0 unspecified atom stereocenters. The number of thioether (sulfide) groups is 1. The molecule has 0 fully saturated rings. The van der Waals surface area contributed by atoms with Crippen LogP contribution in [0, 0.1) is 0 Å². The van der Waals surface area contributed by atoms with Gasteiger partial charge < -0.3 is 4.74 Å². The third-order valence-corrected chi connectivity index (χ3v) is 6.07. The van der Waals surface area contributed by atoms with Crippen molar-refractivity contribution < 1.29 is 9.53 Å². The van der Waals surface area contributed by atoms with Crippen LogP contribution in [-0.2, 0) is 14.9 Å². The molecule has 5 nitrogen and oxygen atoms in total. The molecule has 2 aromatic carbocycles. The summed E-state index contributed by atoms with van der Waals surface area (Å²) in [7, 11) is 1.35. The molecule has 0 N–H and O–H groups in total. The number of benzene rings is 2. The predicted molar refractivity (Wildman–Crippen MR) is 118 cm³/mol. The fourth-order valence-corrected chi connectivity index (χ4v) is 3.89. The van der Waals surface area contributed by atoms with Gasteiger partial charge in [0.15, 0.2) is 11.0 Å². The molecule has 8 heteroatoms. The minimum absolute atomic E-state index is 0.0456. The Kier molecular flexibility index (Phi) is 6.56. The van der Waals surface area contributed by atoms with E-state index in [0.29, 0.717) is 26.7 Å². The Hall–Kier alpha value is -2.02. The average molecular weight is 450 g/mol. The van der Waals surface area contributed by atoms with Gasteiger partial charge in [-0.2, -0.15) is 0 Å². The third kappa shape index (κ3) is 4.77. The Labute approximate surface area is 184 Å². The quantitative estimate of drug-likeness (QED) is 0.363. The molecular weight excluding hydrogens is 429 g/mol. The van der Waals surface area contributed by atoms with Gasteiger partial charge in [0.25, 0.3) is 0 Å². The van der Waals surface area contributed by atoms with Gasteiger partial charge in [0.05, 0.1) is 28.6 Å². The van der Waals surface area contributed by atoms with E-state index in [1.54, 1.807) is 6.07 Å². The van der Waals surface area contributed by atoms with Gasteiger partial charge in [0.2, 0.25) is 0 Å². The van der Waals surface area contributed by atoms with Crippen LogP contribution < -0.4 is 0 Å². The molecule has 0 aliphatic rings. The summed E-state index contributed by atoms with van der Waals surface area (Å²) >= 11 is 13.9. The fraction of sp³-hybridized carbons (Fsp3) is 0.286. The van der Waals surface area contributed by atoms with Crippen LogP contribution in [0.2, 0.25) is 10.0 Å². The van der Waals surface area contributed by atoms with Crippen molar-refractivity contribution >= 4 is 40.9 Å². The minimum atomic E-state index is -0.349. The molecule has 0 spiro atoms. The summed E-state index contributed by atoms with van der Waals surface area (Å²) in [6.45, 7) is 6.49. The van der Waals surface area contributed by atoms with E-state index in [9.17, 15) is 4.79 Å². The van der Waals surface area contributed by atoms with Crippen LogP contribution in [0.4, 0.5) is 0 Å². The number of carbonyl (C=O) groups excluding carboxylic acids is 1. The Balaban J connectivity index is 2.11. The maximum atomic E-state index is 11.6. The van der Waals surface area contributed by atoms with E-state index in [1.807, 2.05) is 28.8 Å². The van der Waals surface area contributed by atoms with Crippen molar-refractivity contribution in [3.63, 3.8) is 0 Å². The van der Waals surface area contributed by atoms with Gasteiger partial charge >= 0.3 is 5.97 Å². The first kappa shape index (κ1) is 21.7. The Morgan fingerprint density at radius 3 is 2.41 bits per heavy atom. The Morgan fingerprint density at radius 2 is 1.79 bits per heavy atom. The van der Waals surface area contributed by atoms with Gasteiger partial charge in [-0.15, -0.1) is 10.2 Å². The highest BCUT2D eigenvalue weighted by atomic mass is 35.5. The highest BCUT2D eigenvalue weighted by Crippen LogP contribution is 2.35. The number of ether oxygens (including phenoxy) is 1. The molecular formula is C21H21Cl2N3O2S. The molecule has 1 aromatic heterocycles. The molecule has 0 amide bonds. The number of methoxy groups -OCH3 is 1. The van der Waals surface area contributed by atoms with E-state index in [1.165, 1.54) is 24.4 Å². The smallest absolute Gasteiger partial charge is 0.316 e. The first-order valence-corrected chi connectivity index (χ1v) is 10.7. The van der Waals surface area contributed by atoms with Crippen LogP contribution >= 0.6 is 35.0 Å². The number of esters is 1. The molecule has 29 heavy (non-hydrogen) atoms. The van der Waals surface area contributed by atoms with E-state index >= 15 is 0 Å². The molecule has 0 aliphatic heterocycles. The van der Waals surface area contributed by atoms with Crippen LogP contribution in [0.5, 0.6) is 0 Å². The summed E-state index contributed by atoms with van der Waals surface area (Å²) in [5, 5.41) is 9.99. The molecule has 1 heterocycles. The van der Waals surface area contributed by atoms with Crippen LogP contribution in [0.25, 0.3) is 17.1 Å². The second-order valence-corrected chi connectivity index (χ2v) is 9.13. The van der Waals surface area contributed by atoms with Crippen molar-refractivity contribution in [1.29, 1.82) is 0 Å². The number of halogens is 2. The molecule has 0 bridgehead atoms. The number of carbonyl (C=O) groups is 1. The largest absolute Gasteiger partial charge is 0.468 e. The first-order chi connectivity index (χ1) is 13.7. The van der Waals surface area contributed by atoms with Crippen LogP contribution in [0.3, 0.4) is 0 Å². The molecule has 3 rings (SSSR count). The average Bonchev–Trinajstić information content (AvgIpc) is 3.11. The maximum Gasteiger partial charge on any atom is 0.316 e. The highest BCUT2D eigenvalue weighted by Gasteiger charge is 2.21. The molecule has 3 aromatic rings. The second-order valence-electron chi connectivity index (χ2n) is 7.41. The molecule has 0 aliphatic carbocycles. The summed E-state index contributed by atoms with van der Waals surface area (Å²) in [5.74, 6) is 0.371. The fourth-order valence-electron chi connectivity index (χ4n) is 2.73. The number of rotatable bonds is 5. The summed E-state index contributed by atoms with van der Waals surface area (Å²) in [4.78, 5) is 11.6. The van der Waals surface area contributed by atoms with Crippen LogP contribution in [0.15, 0.2) is 47.6 Å². The Bertz CT molecular complexity index is 1030. The minimum Gasteiger partial charge on any atom is -0.468 e. The van der Waals surface area contributed by atoms with Crippen molar-refractivity contribution in [3.8, 4) is 17.1 Å². The van der Waals surface area contributed by atoms with Crippen LogP contribution in [0.1, 0.15) is 26.3 Å². The molecule has 0 saturated heterocycles. The van der Waals surface area contributed by atoms with E-state index in [-0.39, 0.29) is 17.1 Å². The summed E-state index contributed by atoms with van der Waals surface area (Å²) < 4.78 is 6.55. The standard InChI is InChI=1S/C21H21Cl2N3O2S/c1-21(2,3)14-10-8-13(9-11-14)19-24-25-20(29-12-17(27)28-4)26(19)16-7-5-6-15(22)18(16)23/h5-11H,12H2,1-4H3. The lowest BCUT2D eigenvalue weighted by Crippen LogP contribution is -2.10. The van der Waals surface area contributed by atoms with Crippen molar-refractivity contribution in [2.24, 2.45) is 0 Å². The SMILES string of the molecule is COC(=O)CSc1nnc(-c2ccc(C(C)(C)C)cc2)n1-c1cccc(Cl)c1Cl. The van der Waals surface area contributed by atoms with Crippen molar-refractivity contribution in [3.05, 3.63) is 58.1 Å². The summed E-state index contributed by atoms with van der Waals surface area (Å²) in [6, 6.07) is 13.5. The zero-order chi connectivity index (χ0) is 21.2. The summed E-state index contributed by atoms with van der Waals surface area (Å²) in [5.41, 5.74) is 2.79. The van der Waals surface area contributed by atoms with Crippen molar-refractivity contribution in [2.75, 3.05) is 12.9 Å². The zero-order valence-electron chi connectivity index (χ0n) is 16.6. The third-order valence-electron chi connectivity index (χ3n) is 4.36. The topological polar surface area (TPSA) is 57.0 Å². The Morgan fingerprint density at radius 1 is 1.10 bits per heavy atom. The van der Waals surface area contributed by atoms with E-state index in [4.69, 9.17) is 27.9 Å². The normalized spacial score (nSPS) is 11.5. The number of aromatic nitrogens is 3. The summed E-state index contributed by atoms with van der Waals surface area (Å²) in [6.07, 6.45) is 0. The zero-order valence-corrected chi connectivity index (χ0v) is 18.9. The first-order valence-electron chi connectivity index (χ1n) is 8.92. The lowest BCUT2D eigenvalue weighted by atomic mass is 9.87. The van der Waals surface area contributed by atoms with Gasteiger partial charge in [-0.3, -0.25) is 9.36 Å². The van der Waals surface area contributed by atoms with Gasteiger partial charge in [-0.05, 0) is 23.1 Å². The number of hydrogen-bond donors (Lipinski definition) is 0. The predicted octanol–water partition coefficient (Wildman–Crippen LogP) is 5.80. The van der Waals surface area contributed by atoms with Gasteiger partial charge in [-0.25, -0.2) is 0 Å². The molecule has 152 valence electrons. The lowest BCUT2D eigenvalue weighted by molar-refractivity contribution is -0.137. The van der Waals surface area contributed by atoms with E-state index < -0.39 is 0 Å².